The van der Waals surface area contributed by atoms with Gasteiger partial charge >= 0.3 is 5.97 Å². The van der Waals surface area contributed by atoms with Gasteiger partial charge in [0.25, 0.3) is 5.79 Å². The van der Waals surface area contributed by atoms with Crippen LogP contribution in [0, 0.1) is 5.82 Å². The molecule has 1 saturated heterocycles. The van der Waals surface area contributed by atoms with E-state index in [0.29, 0.717) is 53.0 Å². The highest BCUT2D eigenvalue weighted by Gasteiger charge is 2.43. The number of methoxy groups -OCH3 is 2. The first kappa shape index (κ1) is 28.4. The molecule has 0 saturated carbocycles. The van der Waals surface area contributed by atoms with Crippen molar-refractivity contribution in [3.63, 3.8) is 0 Å². The fourth-order valence-electron chi connectivity index (χ4n) is 5.87. The summed E-state index contributed by atoms with van der Waals surface area (Å²) >= 11 is 5.97. The minimum atomic E-state index is -1.28. The lowest BCUT2D eigenvalue weighted by Gasteiger charge is -2.32. The molecular weight excluding hydrogens is 563 g/mol. The zero-order chi connectivity index (χ0) is 29.4. The van der Waals surface area contributed by atoms with Gasteiger partial charge in [0.2, 0.25) is 0 Å². The molecule has 42 heavy (non-hydrogen) atoms. The second-order valence-electron chi connectivity index (χ2n) is 10.7. The van der Waals surface area contributed by atoms with Crippen LogP contribution in [-0.2, 0) is 28.4 Å². The SMILES string of the molecule is COCCn1c(CN2CCC(c3cccc4c3OC(C)(c3ccc(Cl)cc3F)O4)CC2)nc2ncc(C(=O)OC)cc21. The molecule has 1 unspecified atom stereocenters. The number of rotatable bonds is 8. The van der Waals surface area contributed by atoms with Gasteiger partial charge in [-0.25, -0.2) is 19.2 Å². The number of benzene rings is 2. The molecule has 0 radical (unpaired) electrons. The molecule has 0 bridgehead atoms. The number of halogens is 2. The van der Waals surface area contributed by atoms with Crippen molar-refractivity contribution in [3.05, 3.63) is 82.0 Å². The van der Waals surface area contributed by atoms with Gasteiger partial charge in [-0.2, -0.15) is 0 Å². The quantitative estimate of drug-likeness (QED) is 0.241. The number of imidazole rings is 1. The minimum absolute atomic E-state index is 0.258. The molecule has 1 atom stereocenters. The summed E-state index contributed by atoms with van der Waals surface area (Å²) in [6, 6.07) is 12.2. The number of likely N-dealkylation sites (tertiary alicyclic amines) is 1. The lowest BCUT2D eigenvalue weighted by molar-refractivity contribution is -0.0712. The molecular formula is C31H32ClFN4O5. The molecule has 6 rings (SSSR count). The molecule has 0 spiro atoms. The molecule has 2 aliphatic heterocycles. The van der Waals surface area contributed by atoms with Crippen molar-refractivity contribution >= 4 is 28.7 Å². The molecule has 4 aromatic rings. The molecule has 11 heteroatoms. The molecule has 220 valence electrons. The summed E-state index contributed by atoms with van der Waals surface area (Å²) in [5, 5.41) is 0.319. The highest BCUT2D eigenvalue weighted by atomic mass is 35.5. The van der Waals surface area contributed by atoms with Crippen molar-refractivity contribution in [1.82, 2.24) is 19.4 Å². The van der Waals surface area contributed by atoms with E-state index in [1.54, 1.807) is 32.2 Å². The van der Waals surface area contributed by atoms with E-state index >= 15 is 0 Å². The van der Waals surface area contributed by atoms with Gasteiger partial charge in [0.1, 0.15) is 11.6 Å². The predicted octanol–water partition coefficient (Wildman–Crippen LogP) is 5.68. The van der Waals surface area contributed by atoms with Gasteiger partial charge in [-0.15, -0.1) is 0 Å². The topological polar surface area (TPSA) is 87.9 Å². The standard InChI is InChI=1S/C31H32ClFN4O5/c1-31(23-8-7-21(32)16-24(23)33)41-26-6-4-5-22(28(26)42-31)19-9-11-36(12-10-19)18-27-35-29-25(37(27)13-14-39-2)15-20(17-34-29)30(38)40-3/h4-8,15-17,19H,9-14,18H2,1-3H3. The first-order valence-corrected chi connectivity index (χ1v) is 14.3. The Hall–Kier alpha value is -3.73. The third-order valence-corrected chi connectivity index (χ3v) is 8.28. The number of ether oxygens (including phenoxy) is 4. The van der Waals surface area contributed by atoms with Crippen molar-refractivity contribution in [2.24, 2.45) is 0 Å². The molecule has 2 aromatic carbocycles. The number of aromatic nitrogens is 3. The van der Waals surface area contributed by atoms with E-state index in [0.717, 1.165) is 42.8 Å². The van der Waals surface area contributed by atoms with Crippen LogP contribution < -0.4 is 9.47 Å². The molecule has 2 aromatic heterocycles. The van der Waals surface area contributed by atoms with E-state index < -0.39 is 17.6 Å². The molecule has 1 fully saturated rings. The van der Waals surface area contributed by atoms with Gasteiger partial charge in [-0.05, 0) is 62.2 Å². The Morgan fingerprint density at radius 2 is 1.98 bits per heavy atom. The van der Waals surface area contributed by atoms with Crippen molar-refractivity contribution in [2.45, 2.75) is 44.6 Å². The van der Waals surface area contributed by atoms with Gasteiger partial charge < -0.3 is 23.5 Å². The van der Waals surface area contributed by atoms with Gasteiger partial charge in [0.15, 0.2) is 17.1 Å². The maximum Gasteiger partial charge on any atom is 0.339 e. The summed E-state index contributed by atoms with van der Waals surface area (Å²) in [5.74, 6) is 0.214. The van der Waals surface area contributed by atoms with E-state index in [9.17, 15) is 9.18 Å². The summed E-state index contributed by atoms with van der Waals surface area (Å²) in [6.45, 7) is 5.17. The van der Waals surface area contributed by atoms with E-state index in [4.69, 9.17) is 35.5 Å². The number of fused-ring (bicyclic) bond motifs is 2. The van der Waals surface area contributed by atoms with E-state index in [1.165, 1.54) is 19.4 Å². The monoisotopic (exact) mass is 594 g/mol. The largest absolute Gasteiger partial charge is 0.465 e. The molecule has 4 heterocycles. The Kier molecular flexibility index (Phi) is 7.78. The summed E-state index contributed by atoms with van der Waals surface area (Å²) in [6.07, 6.45) is 3.32. The van der Waals surface area contributed by atoms with Gasteiger partial charge in [0, 0.05) is 37.4 Å². The molecule has 2 aliphatic rings. The average Bonchev–Trinajstić information content (AvgIpc) is 3.52. The second kappa shape index (κ2) is 11.5. The Morgan fingerprint density at radius 1 is 1.17 bits per heavy atom. The third kappa shape index (κ3) is 5.30. The van der Waals surface area contributed by atoms with Crippen molar-refractivity contribution in [3.8, 4) is 11.5 Å². The van der Waals surface area contributed by atoms with E-state index in [1.807, 2.05) is 12.1 Å². The Bertz CT molecular complexity index is 1640. The fraction of sp³-hybridized carbons (Fsp3) is 0.387. The zero-order valence-corrected chi connectivity index (χ0v) is 24.5. The number of carbonyl (C=O) groups excluding carboxylic acids is 1. The number of esters is 1. The predicted molar refractivity (Wildman–Crippen MR) is 154 cm³/mol. The normalized spacial score (nSPS) is 19.0. The highest BCUT2D eigenvalue weighted by molar-refractivity contribution is 6.30. The maximum atomic E-state index is 14.8. The minimum Gasteiger partial charge on any atom is -0.465 e. The van der Waals surface area contributed by atoms with Crippen LogP contribution in [0.25, 0.3) is 11.2 Å². The number of carbonyl (C=O) groups is 1. The smallest absolute Gasteiger partial charge is 0.339 e. The van der Waals surface area contributed by atoms with Crippen molar-refractivity contribution in [2.75, 3.05) is 33.9 Å². The van der Waals surface area contributed by atoms with Crippen molar-refractivity contribution < 1.29 is 28.1 Å². The summed E-state index contributed by atoms with van der Waals surface area (Å²) in [4.78, 5) is 23.7. The van der Waals surface area contributed by atoms with Crippen LogP contribution in [0.1, 0.15) is 53.0 Å². The number of para-hydroxylation sites is 1. The van der Waals surface area contributed by atoms with Crippen LogP contribution >= 0.6 is 11.6 Å². The van der Waals surface area contributed by atoms with Crippen LogP contribution in [-0.4, -0.2) is 59.3 Å². The maximum absolute atomic E-state index is 14.8. The number of pyridine rings is 1. The number of hydrogen-bond acceptors (Lipinski definition) is 8. The number of piperidine rings is 1. The number of nitrogens with zero attached hydrogens (tertiary/aromatic N) is 4. The van der Waals surface area contributed by atoms with Gasteiger partial charge in [-0.1, -0.05) is 23.7 Å². The molecule has 0 aliphatic carbocycles. The van der Waals surface area contributed by atoms with Crippen LogP contribution in [0.4, 0.5) is 4.39 Å². The van der Waals surface area contributed by atoms with Crippen LogP contribution in [0.3, 0.4) is 0 Å². The van der Waals surface area contributed by atoms with Crippen molar-refractivity contribution in [1.29, 1.82) is 0 Å². The Labute approximate surface area is 248 Å². The lowest BCUT2D eigenvalue weighted by atomic mass is 9.88. The fourth-order valence-corrected chi connectivity index (χ4v) is 6.03. The zero-order valence-electron chi connectivity index (χ0n) is 23.7. The summed E-state index contributed by atoms with van der Waals surface area (Å²) in [7, 11) is 3.01. The average molecular weight is 595 g/mol. The van der Waals surface area contributed by atoms with Gasteiger partial charge in [0.05, 0.1) is 36.9 Å². The van der Waals surface area contributed by atoms with Crippen LogP contribution in [0.5, 0.6) is 11.5 Å². The van der Waals surface area contributed by atoms with E-state index in [2.05, 4.69) is 20.5 Å². The summed E-state index contributed by atoms with van der Waals surface area (Å²) < 4.78 is 39.6. The lowest BCUT2D eigenvalue weighted by Crippen LogP contribution is -2.34. The highest BCUT2D eigenvalue weighted by Crippen LogP contribution is 2.49. The third-order valence-electron chi connectivity index (χ3n) is 8.05. The molecule has 9 nitrogen and oxygen atoms in total. The molecule has 0 N–H and O–H groups in total. The first-order chi connectivity index (χ1) is 20.3. The van der Waals surface area contributed by atoms with E-state index in [-0.39, 0.29) is 5.92 Å². The summed E-state index contributed by atoms with van der Waals surface area (Å²) in [5.41, 5.74) is 3.11. The number of hydrogen-bond donors (Lipinski definition) is 0. The van der Waals surface area contributed by atoms with Crippen LogP contribution in [0.2, 0.25) is 5.02 Å². The Morgan fingerprint density at radius 3 is 2.71 bits per heavy atom. The van der Waals surface area contributed by atoms with Crippen LogP contribution in [0.15, 0.2) is 48.7 Å². The molecule has 0 amide bonds. The second-order valence-corrected chi connectivity index (χ2v) is 11.2. The van der Waals surface area contributed by atoms with Gasteiger partial charge in [-0.3, -0.25) is 4.90 Å². The Balaban J connectivity index is 1.18. The first-order valence-electron chi connectivity index (χ1n) is 13.9.